The van der Waals surface area contributed by atoms with Gasteiger partial charge in [-0.3, -0.25) is 9.59 Å². The number of sulfone groups is 1. The molecular weight excluding hydrogens is 430 g/mol. The fourth-order valence-corrected chi connectivity index (χ4v) is 6.11. The van der Waals surface area contributed by atoms with Crippen molar-refractivity contribution >= 4 is 38.9 Å². The van der Waals surface area contributed by atoms with Gasteiger partial charge in [0.25, 0.3) is 0 Å². The van der Waals surface area contributed by atoms with Gasteiger partial charge in [-0.1, -0.05) is 11.6 Å². The van der Waals surface area contributed by atoms with Crippen molar-refractivity contribution in [1.82, 2.24) is 0 Å². The molecule has 9 heteroatoms. The van der Waals surface area contributed by atoms with Crippen LogP contribution in [0.25, 0.3) is 0 Å². The van der Waals surface area contributed by atoms with Crippen LogP contribution in [0.3, 0.4) is 0 Å². The Hall–Kier alpha value is -2.42. The predicted octanol–water partition coefficient (Wildman–Crippen LogP) is 2.85. The first-order chi connectivity index (χ1) is 14.3. The number of ether oxygens (including phenoxy) is 2. The van der Waals surface area contributed by atoms with Crippen LogP contribution in [0.5, 0.6) is 5.75 Å². The number of methoxy groups -OCH3 is 1. The van der Waals surface area contributed by atoms with Crippen molar-refractivity contribution in [3.8, 4) is 5.75 Å². The number of amides is 2. The minimum absolute atomic E-state index is 0.0495. The first-order valence-electron chi connectivity index (χ1n) is 9.54. The number of hydrogen-bond acceptors (Lipinski definition) is 6. The summed E-state index contributed by atoms with van der Waals surface area (Å²) in [6, 6.07) is 9.99. The van der Waals surface area contributed by atoms with E-state index >= 15 is 0 Å². The van der Waals surface area contributed by atoms with E-state index < -0.39 is 21.7 Å². The molecule has 2 bridgehead atoms. The van der Waals surface area contributed by atoms with Crippen LogP contribution in [-0.2, 0) is 24.2 Å². The summed E-state index contributed by atoms with van der Waals surface area (Å²) in [7, 11) is -2.52. The van der Waals surface area contributed by atoms with Crippen molar-refractivity contribution < 1.29 is 27.5 Å². The number of benzene rings is 2. The average molecular weight is 448 g/mol. The van der Waals surface area contributed by atoms with Gasteiger partial charge in [-0.15, -0.1) is 0 Å². The third-order valence-corrected chi connectivity index (χ3v) is 8.08. The molecule has 0 unspecified atom stereocenters. The maximum Gasteiger partial charge on any atom is 0.240 e. The van der Waals surface area contributed by atoms with Crippen LogP contribution in [0.15, 0.2) is 52.3 Å². The Kier molecular flexibility index (Phi) is 4.43. The molecule has 0 spiro atoms. The zero-order valence-corrected chi connectivity index (χ0v) is 17.5. The maximum atomic E-state index is 13.1. The summed E-state index contributed by atoms with van der Waals surface area (Å²) < 4.78 is 37.3. The SMILES string of the molecule is COc1cc(N2C(=O)[C@@H]3[C@H](C2=O)[C@@H]2CC[C@@H]3O2)cc(S(=O)(=O)c2ccc(Cl)cc2)c1. The van der Waals surface area contributed by atoms with Gasteiger partial charge in [0.1, 0.15) is 5.75 Å². The van der Waals surface area contributed by atoms with Crippen LogP contribution in [-0.4, -0.2) is 39.5 Å². The molecule has 3 aliphatic rings. The molecule has 2 aromatic carbocycles. The van der Waals surface area contributed by atoms with E-state index in [2.05, 4.69) is 0 Å². The van der Waals surface area contributed by atoms with E-state index in [1.54, 1.807) is 0 Å². The number of nitrogens with zero attached hydrogens (tertiary/aromatic N) is 1. The summed E-state index contributed by atoms with van der Waals surface area (Å²) in [6.07, 6.45) is 1.02. The number of fused-ring (bicyclic) bond motifs is 5. The van der Waals surface area contributed by atoms with Crippen LogP contribution in [0.1, 0.15) is 12.8 Å². The molecule has 4 atom stereocenters. The molecule has 3 heterocycles. The van der Waals surface area contributed by atoms with Gasteiger partial charge in [-0.05, 0) is 49.2 Å². The lowest BCUT2D eigenvalue weighted by Gasteiger charge is -2.19. The third kappa shape index (κ3) is 2.78. The molecule has 3 fully saturated rings. The highest BCUT2D eigenvalue weighted by atomic mass is 35.5. The number of hydrogen-bond donors (Lipinski definition) is 0. The fourth-order valence-electron chi connectivity index (χ4n) is 4.68. The second-order valence-electron chi connectivity index (χ2n) is 7.68. The number of rotatable bonds is 4. The van der Waals surface area contributed by atoms with E-state index in [-0.39, 0.29) is 45.3 Å². The number of imide groups is 1. The van der Waals surface area contributed by atoms with E-state index in [1.165, 1.54) is 49.6 Å². The predicted molar refractivity (Wildman–Crippen MR) is 107 cm³/mol. The monoisotopic (exact) mass is 447 g/mol. The zero-order valence-electron chi connectivity index (χ0n) is 15.9. The summed E-state index contributed by atoms with van der Waals surface area (Å²) in [6.45, 7) is 0. The Morgan fingerprint density at radius 2 is 1.57 bits per heavy atom. The zero-order chi connectivity index (χ0) is 21.2. The molecule has 0 aliphatic carbocycles. The van der Waals surface area contributed by atoms with Gasteiger partial charge in [0.15, 0.2) is 0 Å². The summed E-state index contributed by atoms with van der Waals surface area (Å²) in [4.78, 5) is 27.2. The lowest BCUT2D eigenvalue weighted by Crippen LogP contribution is -2.34. The number of carbonyl (C=O) groups excluding carboxylic acids is 2. The molecule has 156 valence electrons. The molecule has 0 saturated carbocycles. The molecule has 0 aromatic heterocycles. The standard InChI is InChI=1S/C21H18ClNO6S/c1-28-13-8-12(9-15(10-13)30(26,27)14-4-2-11(22)3-5-14)23-20(24)18-16-6-7-17(29-16)19(18)21(23)25/h2-5,8-10,16-19H,6-7H2,1H3/t16-,17-,18-,19+/m0/s1. The summed E-state index contributed by atoms with van der Waals surface area (Å²) in [5, 5.41) is 0.414. The Morgan fingerprint density at radius 3 is 2.13 bits per heavy atom. The van der Waals surface area contributed by atoms with Crippen LogP contribution >= 0.6 is 11.6 Å². The summed E-state index contributed by atoms with van der Waals surface area (Å²) in [5.74, 6) is -1.46. The van der Waals surface area contributed by atoms with Gasteiger partial charge in [0, 0.05) is 11.1 Å². The van der Waals surface area contributed by atoms with Crippen molar-refractivity contribution in [1.29, 1.82) is 0 Å². The van der Waals surface area contributed by atoms with E-state index in [0.717, 1.165) is 17.7 Å². The lowest BCUT2D eigenvalue weighted by molar-refractivity contribution is -0.124. The van der Waals surface area contributed by atoms with Crippen molar-refractivity contribution in [2.24, 2.45) is 11.8 Å². The smallest absolute Gasteiger partial charge is 0.240 e. The molecule has 30 heavy (non-hydrogen) atoms. The summed E-state index contributed by atoms with van der Waals surface area (Å²) >= 11 is 5.87. The Bertz CT molecular complexity index is 1130. The maximum absolute atomic E-state index is 13.1. The van der Waals surface area contributed by atoms with E-state index in [9.17, 15) is 18.0 Å². The summed E-state index contributed by atoms with van der Waals surface area (Å²) in [5.41, 5.74) is 0.186. The highest BCUT2D eigenvalue weighted by molar-refractivity contribution is 7.91. The normalized spacial score (nSPS) is 27.6. The third-order valence-electron chi connectivity index (χ3n) is 6.08. The molecule has 0 radical (unpaired) electrons. The van der Waals surface area contributed by atoms with Crippen LogP contribution in [0.4, 0.5) is 5.69 Å². The highest BCUT2D eigenvalue weighted by Gasteiger charge is 2.62. The molecular formula is C21H18ClNO6S. The quantitative estimate of drug-likeness (QED) is 0.669. The van der Waals surface area contributed by atoms with Crippen molar-refractivity contribution in [3.05, 3.63) is 47.5 Å². The number of halogens is 1. The van der Waals surface area contributed by atoms with E-state index in [1.807, 2.05) is 0 Å². The Morgan fingerprint density at radius 1 is 0.967 bits per heavy atom. The lowest BCUT2D eigenvalue weighted by atomic mass is 9.81. The van der Waals surface area contributed by atoms with Crippen LogP contribution in [0.2, 0.25) is 5.02 Å². The van der Waals surface area contributed by atoms with Gasteiger partial charge >= 0.3 is 0 Å². The molecule has 5 rings (SSSR count). The van der Waals surface area contributed by atoms with E-state index in [0.29, 0.717) is 5.02 Å². The first-order valence-corrected chi connectivity index (χ1v) is 11.4. The Labute approximate surface area is 178 Å². The topological polar surface area (TPSA) is 90.0 Å². The number of anilines is 1. The molecule has 2 amide bonds. The largest absolute Gasteiger partial charge is 0.497 e. The van der Waals surface area contributed by atoms with Crippen molar-refractivity contribution in [2.75, 3.05) is 12.0 Å². The van der Waals surface area contributed by atoms with Crippen molar-refractivity contribution in [2.45, 2.75) is 34.8 Å². The average Bonchev–Trinajstić information content (AvgIpc) is 3.41. The Balaban J connectivity index is 1.58. The molecule has 3 aliphatic heterocycles. The first kappa shape index (κ1) is 19.5. The minimum atomic E-state index is -3.92. The molecule has 3 saturated heterocycles. The number of carbonyl (C=O) groups is 2. The van der Waals surface area contributed by atoms with Gasteiger partial charge in [-0.2, -0.15) is 0 Å². The second-order valence-corrected chi connectivity index (χ2v) is 10.1. The van der Waals surface area contributed by atoms with Gasteiger partial charge in [-0.25, -0.2) is 13.3 Å². The second kappa shape index (κ2) is 6.80. The molecule has 0 N–H and O–H groups in total. The van der Waals surface area contributed by atoms with Gasteiger partial charge in [0.05, 0.1) is 46.6 Å². The van der Waals surface area contributed by atoms with Gasteiger partial charge < -0.3 is 9.47 Å². The fraction of sp³-hybridized carbons (Fsp3) is 0.333. The minimum Gasteiger partial charge on any atom is -0.497 e. The van der Waals surface area contributed by atoms with Crippen LogP contribution < -0.4 is 9.64 Å². The van der Waals surface area contributed by atoms with Crippen molar-refractivity contribution in [3.63, 3.8) is 0 Å². The molecule has 2 aromatic rings. The van der Waals surface area contributed by atoms with E-state index in [4.69, 9.17) is 21.1 Å². The highest BCUT2D eigenvalue weighted by Crippen LogP contribution is 2.49. The van der Waals surface area contributed by atoms with Crippen LogP contribution in [0, 0.1) is 11.8 Å². The van der Waals surface area contributed by atoms with Gasteiger partial charge in [0.2, 0.25) is 21.7 Å². The molecule has 7 nitrogen and oxygen atoms in total.